The summed E-state index contributed by atoms with van der Waals surface area (Å²) in [6.45, 7) is 9.02. The van der Waals surface area contributed by atoms with Crippen LogP contribution in [0.2, 0.25) is 0 Å². The Morgan fingerprint density at radius 3 is 2.18 bits per heavy atom. The molecule has 0 rings (SSSR count). The minimum Gasteiger partial charge on any atom is -0.0917 e. The van der Waals surface area contributed by atoms with Gasteiger partial charge in [0.2, 0.25) is 0 Å². The van der Waals surface area contributed by atoms with Gasteiger partial charge in [0, 0.05) is 0 Å². The summed E-state index contributed by atoms with van der Waals surface area (Å²) in [7, 11) is 0. The average Bonchev–Trinajstić information content (AvgIpc) is 1.97. The lowest BCUT2D eigenvalue weighted by molar-refractivity contribution is 0.453. The maximum absolute atomic E-state index is 2.34. The molecule has 0 spiro atoms. The molecule has 0 aromatic rings. The van der Waals surface area contributed by atoms with Crippen molar-refractivity contribution < 1.29 is 0 Å². The summed E-state index contributed by atoms with van der Waals surface area (Å²) in [5, 5.41) is 0. The van der Waals surface area contributed by atoms with Gasteiger partial charge in [-0.3, -0.25) is 0 Å². The lowest BCUT2D eigenvalue weighted by Gasteiger charge is -2.09. The molecule has 0 aromatic heterocycles. The van der Waals surface area contributed by atoms with Crippen LogP contribution in [0.3, 0.4) is 0 Å². The highest BCUT2D eigenvalue weighted by Gasteiger charge is 2.00. The molecular weight excluding hydrogens is 132 g/mol. The Bertz CT molecular complexity index is 101. The molecule has 0 aliphatic rings. The first kappa shape index (κ1) is 10.7. The molecule has 66 valence electrons. The van der Waals surface area contributed by atoms with E-state index in [0.717, 1.165) is 11.8 Å². The molecule has 0 aliphatic heterocycles. The monoisotopic (exact) mass is 154 g/mol. The van der Waals surface area contributed by atoms with Crippen LogP contribution in [0.5, 0.6) is 0 Å². The fraction of sp³-hybridized carbons (Fsp3) is 0.818. The molecule has 1 atom stereocenters. The fourth-order valence-electron chi connectivity index (χ4n) is 1.10. The molecule has 0 heteroatoms. The smallest absolute Gasteiger partial charge is 0.0325 e. The molecule has 0 aromatic carbocycles. The van der Waals surface area contributed by atoms with Crippen molar-refractivity contribution in [3.63, 3.8) is 0 Å². The lowest BCUT2D eigenvalue weighted by atomic mass is 9.97. The standard InChI is InChI=1S/C11H22/c1-5-6-7-11(4)9-8-10(2)3/h5-6,10-11H,7-9H2,1-4H3. The third-order valence-corrected chi connectivity index (χ3v) is 2.01. The second-order valence-corrected chi connectivity index (χ2v) is 3.88. The molecule has 0 amide bonds. The molecule has 1 unspecified atom stereocenters. The second-order valence-electron chi connectivity index (χ2n) is 3.88. The summed E-state index contributed by atoms with van der Waals surface area (Å²) in [5.74, 6) is 1.73. The third kappa shape index (κ3) is 7.64. The Balaban J connectivity index is 3.29. The van der Waals surface area contributed by atoms with Crippen molar-refractivity contribution in [3.8, 4) is 0 Å². The fourth-order valence-corrected chi connectivity index (χ4v) is 1.10. The Morgan fingerprint density at radius 1 is 1.09 bits per heavy atom. The van der Waals surface area contributed by atoms with Crippen molar-refractivity contribution in [3.05, 3.63) is 12.2 Å². The summed E-state index contributed by atoms with van der Waals surface area (Å²) in [6, 6.07) is 0. The van der Waals surface area contributed by atoms with Crippen molar-refractivity contribution in [1.29, 1.82) is 0 Å². The van der Waals surface area contributed by atoms with Gasteiger partial charge in [0.15, 0.2) is 0 Å². The van der Waals surface area contributed by atoms with Crippen LogP contribution in [0, 0.1) is 11.8 Å². The first-order chi connectivity index (χ1) is 5.16. The highest BCUT2D eigenvalue weighted by Crippen LogP contribution is 2.14. The molecule has 0 heterocycles. The number of rotatable bonds is 5. The van der Waals surface area contributed by atoms with E-state index < -0.39 is 0 Å². The Morgan fingerprint density at radius 2 is 1.73 bits per heavy atom. The molecule has 0 radical (unpaired) electrons. The molecule has 0 aliphatic carbocycles. The van der Waals surface area contributed by atoms with E-state index in [1.807, 2.05) is 0 Å². The molecule has 0 bridgehead atoms. The molecule has 0 saturated carbocycles. The SMILES string of the molecule is CC=CCC(C)CCC(C)C. The zero-order chi connectivity index (χ0) is 8.69. The average molecular weight is 154 g/mol. The first-order valence-corrected chi connectivity index (χ1v) is 4.78. The summed E-state index contributed by atoms with van der Waals surface area (Å²) in [5.41, 5.74) is 0. The van der Waals surface area contributed by atoms with Gasteiger partial charge in [0.1, 0.15) is 0 Å². The van der Waals surface area contributed by atoms with Crippen molar-refractivity contribution in [2.24, 2.45) is 11.8 Å². The topological polar surface area (TPSA) is 0 Å². The Labute approximate surface area is 71.7 Å². The van der Waals surface area contributed by atoms with Crippen LogP contribution in [0.1, 0.15) is 47.0 Å². The van der Waals surface area contributed by atoms with Gasteiger partial charge in [0.25, 0.3) is 0 Å². The number of hydrogen-bond donors (Lipinski definition) is 0. The maximum atomic E-state index is 2.34. The van der Waals surface area contributed by atoms with Crippen LogP contribution in [0.25, 0.3) is 0 Å². The third-order valence-electron chi connectivity index (χ3n) is 2.01. The Kier molecular flexibility index (Phi) is 6.30. The second kappa shape index (κ2) is 6.45. The maximum Gasteiger partial charge on any atom is -0.0325 e. The van der Waals surface area contributed by atoms with Gasteiger partial charge in [-0.1, -0.05) is 45.8 Å². The lowest BCUT2D eigenvalue weighted by Crippen LogP contribution is -1.96. The minimum atomic E-state index is 0.864. The zero-order valence-electron chi connectivity index (χ0n) is 8.43. The van der Waals surface area contributed by atoms with E-state index in [1.54, 1.807) is 0 Å². The number of hydrogen-bond acceptors (Lipinski definition) is 0. The molecule has 0 fully saturated rings. The normalized spacial score (nSPS) is 14.6. The van der Waals surface area contributed by atoms with E-state index in [2.05, 4.69) is 39.8 Å². The van der Waals surface area contributed by atoms with Gasteiger partial charge in [-0.2, -0.15) is 0 Å². The van der Waals surface area contributed by atoms with Crippen molar-refractivity contribution in [2.45, 2.75) is 47.0 Å². The number of allylic oxidation sites excluding steroid dienone is 2. The predicted octanol–water partition coefficient (Wildman–Crippen LogP) is 4.02. The molecule has 11 heavy (non-hydrogen) atoms. The van der Waals surface area contributed by atoms with Gasteiger partial charge >= 0.3 is 0 Å². The van der Waals surface area contributed by atoms with Crippen LogP contribution in [0.15, 0.2) is 12.2 Å². The zero-order valence-corrected chi connectivity index (χ0v) is 8.43. The van der Waals surface area contributed by atoms with Gasteiger partial charge in [-0.15, -0.1) is 0 Å². The van der Waals surface area contributed by atoms with E-state index in [9.17, 15) is 0 Å². The molecule has 0 saturated heterocycles. The summed E-state index contributed by atoms with van der Waals surface area (Å²) >= 11 is 0. The van der Waals surface area contributed by atoms with E-state index in [1.165, 1.54) is 19.3 Å². The van der Waals surface area contributed by atoms with Gasteiger partial charge in [-0.25, -0.2) is 0 Å². The van der Waals surface area contributed by atoms with E-state index in [4.69, 9.17) is 0 Å². The predicted molar refractivity (Wildman–Crippen MR) is 52.7 cm³/mol. The Hall–Kier alpha value is -0.260. The summed E-state index contributed by atoms with van der Waals surface area (Å²) < 4.78 is 0. The van der Waals surface area contributed by atoms with Crippen LogP contribution in [-0.4, -0.2) is 0 Å². The van der Waals surface area contributed by atoms with Crippen LogP contribution < -0.4 is 0 Å². The molecular formula is C11H22. The van der Waals surface area contributed by atoms with Gasteiger partial charge in [0.05, 0.1) is 0 Å². The first-order valence-electron chi connectivity index (χ1n) is 4.78. The molecule has 0 nitrogen and oxygen atoms in total. The van der Waals surface area contributed by atoms with E-state index in [0.29, 0.717) is 0 Å². The van der Waals surface area contributed by atoms with Crippen molar-refractivity contribution >= 4 is 0 Å². The largest absolute Gasteiger partial charge is 0.0917 e. The quantitative estimate of drug-likeness (QED) is 0.524. The van der Waals surface area contributed by atoms with Gasteiger partial charge in [-0.05, 0) is 25.2 Å². The van der Waals surface area contributed by atoms with E-state index >= 15 is 0 Å². The van der Waals surface area contributed by atoms with Crippen LogP contribution in [-0.2, 0) is 0 Å². The minimum absolute atomic E-state index is 0.864. The molecule has 0 N–H and O–H groups in total. The van der Waals surface area contributed by atoms with Crippen molar-refractivity contribution in [1.82, 2.24) is 0 Å². The summed E-state index contributed by atoms with van der Waals surface area (Å²) in [4.78, 5) is 0. The highest BCUT2D eigenvalue weighted by atomic mass is 14.1. The van der Waals surface area contributed by atoms with Crippen LogP contribution in [0.4, 0.5) is 0 Å². The van der Waals surface area contributed by atoms with E-state index in [-0.39, 0.29) is 0 Å². The van der Waals surface area contributed by atoms with Crippen molar-refractivity contribution in [2.75, 3.05) is 0 Å². The summed E-state index contributed by atoms with van der Waals surface area (Å²) in [6.07, 6.45) is 8.42. The van der Waals surface area contributed by atoms with Gasteiger partial charge < -0.3 is 0 Å². The van der Waals surface area contributed by atoms with Crippen LogP contribution >= 0.6 is 0 Å². The highest BCUT2D eigenvalue weighted by molar-refractivity contribution is 4.78.